The van der Waals surface area contributed by atoms with Gasteiger partial charge in [-0.2, -0.15) is 0 Å². The Kier molecular flexibility index (Phi) is 6.30. The first kappa shape index (κ1) is 16.6. The Labute approximate surface area is 129 Å². The van der Waals surface area contributed by atoms with E-state index in [1.165, 1.54) is 25.7 Å². The Hall–Kier alpha value is -0.810. The third kappa shape index (κ3) is 4.85. The lowest BCUT2D eigenvalue weighted by Crippen LogP contribution is -2.48. The summed E-state index contributed by atoms with van der Waals surface area (Å²) in [5, 5.41) is 6.79. The molecule has 0 amide bonds. The fourth-order valence-corrected chi connectivity index (χ4v) is 3.09. The first-order chi connectivity index (χ1) is 10.2. The Morgan fingerprint density at radius 3 is 2.71 bits per heavy atom. The maximum absolute atomic E-state index is 5.79. The summed E-state index contributed by atoms with van der Waals surface area (Å²) in [5.74, 6) is 0.939. The van der Waals surface area contributed by atoms with E-state index in [1.54, 1.807) is 0 Å². The van der Waals surface area contributed by atoms with E-state index in [0.717, 1.165) is 45.3 Å². The van der Waals surface area contributed by atoms with Crippen LogP contribution >= 0.6 is 0 Å². The van der Waals surface area contributed by atoms with Crippen LogP contribution < -0.4 is 10.6 Å². The molecule has 1 heterocycles. The molecule has 0 aromatic carbocycles. The summed E-state index contributed by atoms with van der Waals surface area (Å²) in [5.41, 5.74) is 0.476. The monoisotopic (exact) mass is 296 g/mol. The molecule has 0 aromatic heterocycles. The zero-order valence-corrected chi connectivity index (χ0v) is 14.0. The molecule has 2 aliphatic rings. The lowest BCUT2D eigenvalue weighted by Gasteiger charge is -2.40. The van der Waals surface area contributed by atoms with E-state index in [4.69, 9.17) is 9.73 Å². The lowest BCUT2D eigenvalue weighted by molar-refractivity contribution is -0.0161. The number of hydrogen-bond donors (Lipinski definition) is 2. The molecule has 122 valence electrons. The van der Waals surface area contributed by atoms with Gasteiger partial charge in [-0.25, -0.2) is 0 Å². The zero-order chi connectivity index (χ0) is 15.1. The molecule has 21 heavy (non-hydrogen) atoms. The van der Waals surface area contributed by atoms with Crippen molar-refractivity contribution in [1.29, 1.82) is 0 Å². The molecule has 2 N–H and O–H groups in total. The van der Waals surface area contributed by atoms with E-state index in [-0.39, 0.29) is 6.10 Å². The maximum Gasteiger partial charge on any atom is 0.191 e. The van der Waals surface area contributed by atoms with Crippen molar-refractivity contribution in [3.63, 3.8) is 0 Å². The van der Waals surface area contributed by atoms with Gasteiger partial charge < -0.3 is 20.3 Å². The van der Waals surface area contributed by atoms with Crippen LogP contribution in [0.2, 0.25) is 0 Å². The van der Waals surface area contributed by atoms with Gasteiger partial charge in [-0.05, 0) is 38.6 Å². The molecule has 0 radical (unpaired) electrons. The summed E-state index contributed by atoms with van der Waals surface area (Å²) in [6, 6.07) is 0. The molecule has 2 fully saturated rings. The molecule has 1 unspecified atom stereocenters. The predicted octanol–water partition coefficient (Wildman–Crippen LogP) is 1.45. The van der Waals surface area contributed by atoms with Gasteiger partial charge in [-0.3, -0.25) is 4.99 Å². The Bertz CT molecular complexity index is 336. The minimum absolute atomic E-state index is 0.261. The Morgan fingerprint density at radius 1 is 1.33 bits per heavy atom. The molecular weight excluding hydrogens is 264 g/mol. The van der Waals surface area contributed by atoms with Crippen LogP contribution in [0.5, 0.6) is 0 Å². The quantitative estimate of drug-likeness (QED) is 0.575. The number of nitrogens with one attached hydrogen (secondary N) is 2. The van der Waals surface area contributed by atoms with E-state index >= 15 is 0 Å². The van der Waals surface area contributed by atoms with Gasteiger partial charge in [0.2, 0.25) is 0 Å². The average molecular weight is 296 g/mol. The summed E-state index contributed by atoms with van der Waals surface area (Å²) >= 11 is 0. The summed E-state index contributed by atoms with van der Waals surface area (Å²) in [4.78, 5) is 7.13. The van der Waals surface area contributed by atoms with Crippen LogP contribution in [0.1, 0.15) is 39.5 Å². The molecule has 0 aromatic rings. The Balaban J connectivity index is 1.80. The first-order valence-electron chi connectivity index (χ1n) is 8.50. The van der Waals surface area contributed by atoms with E-state index < -0.39 is 0 Å². The second-order valence-electron chi connectivity index (χ2n) is 6.54. The maximum atomic E-state index is 5.79. The van der Waals surface area contributed by atoms with E-state index in [2.05, 4.69) is 36.4 Å². The molecule has 0 bridgehead atoms. The number of nitrogens with zero attached hydrogens (tertiary/aromatic N) is 2. The second-order valence-corrected chi connectivity index (χ2v) is 6.54. The van der Waals surface area contributed by atoms with Crippen molar-refractivity contribution in [2.45, 2.75) is 45.6 Å². The van der Waals surface area contributed by atoms with Crippen molar-refractivity contribution in [3.05, 3.63) is 0 Å². The summed E-state index contributed by atoms with van der Waals surface area (Å²) in [7, 11) is 2.15. The number of ether oxygens (including phenoxy) is 1. The topological polar surface area (TPSA) is 48.9 Å². The summed E-state index contributed by atoms with van der Waals surface area (Å²) < 4.78 is 5.79. The largest absolute Gasteiger partial charge is 0.374 e. The van der Waals surface area contributed by atoms with Gasteiger partial charge in [0.15, 0.2) is 5.96 Å². The smallest absolute Gasteiger partial charge is 0.191 e. The Morgan fingerprint density at radius 2 is 2.14 bits per heavy atom. The molecule has 1 atom stereocenters. The average Bonchev–Trinajstić information content (AvgIpc) is 2.44. The van der Waals surface area contributed by atoms with Crippen LogP contribution in [0.25, 0.3) is 0 Å². The predicted molar refractivity (Wildman–Crippen MR) is 87.8 cm³/mol. The molecular formula is C16H32N4O. The highest BCUT2D eigenvalue weighted by molar-refractivity contribution is 5.79. The van der Waals surface area contributed by atoms with Crippen molar-refractivity contribution in [2.75, 3.05) is 46.4 Å². The molecule has 2 rings (SSSR count). The van der Waals surface area contributed by atoms with Gasteiger partial charge in [0.05, 0.1) is 12.7 Å². The molecule has 1 saturated heterocycles. The van der Waals surface area contributed by atoms with Crippen LogP contribution in [0, 0.1) is 5.41 Å². The first-order valence-corrected chi connectivity index (χ1v) is 8.50. The molecule has 1 aliphatic heterocycles. The van der Waals surface area contributed by atoms with Gasteiger partial charge in [0.25, 0.3) is 0 Å². The lowest BCUT2D eigenvalue weighted by atomic mass is 9.67. The summed E-state index contributed by atoms with van der Waals surface area (Å²) in [6.45, 7) is 9.93. The molecule has 1 aliphatic carbocycles. The van der Waals surface area contributed by atoms with Crippen molar-refractivity contribution in [2.24, 2.45) is 10.4 Å². The van der Waals surface area contributed by atoms with Gasteiger partial charge in [0, 0.05) is 32.7 Å². The highest BCUT2D eigenvalue weighted by Gasteiger charge is 2.34. The van der Waals surface area contributed by atoms with E-state index in [1.807, 2.05) is 0 Å². The number of likely N-dealkylation sites (N-methyl/N-ethyl adjacent to an activating group) is 1. The molecule has 5 nitrogen and oxygen atoms in total. The van der Waals surface area contributed by atoms with E-state index in [0.29, 0.717) is 5.41 Å². The standard InChI is InChI=1S/C16H32N4O/c1-4-16(7-6-8-16)13-19-15(17-5-2)18-11-14-12-20(3)9-10-21-14/h14H,4-13H2,1-3H3,(H2,17,18,19). The number of hydrogen-bond acceptors (Lipinski definition) is 3. The number of rotatable bonds is 6. The van der Waals surface area contributed by atoms with Gasteiger partial charge >= 0.3 is 0 Å². The zero-order valence-electron chi connectivity index (χ0n) is 14.0. The fourth-order valence-electron chi connectivity index (χ4n) is 3.09. The second kappa shape index (κ2) is 7.99. The van der Waals surface area contributed by atoms with Crippen LogP contribution in [0.15, 0.2) is 4.99 Å². The van der Waals surface area contributed by atoms with Gasteiger partial charge in [-0.15, -0.1) is 0 Å². The number of aliphatic imine (C=N–C) groups is 1. The third-order valence-corrected chi connectivity index (χ3v) is 4.92. The van der Waals surface area contributed by atoms with Crippen molar-refractivity contribution in [3.8, 4) is 0 Å². The minimum Gasteiger partial charge on any atom is -0.374 e. The van der Waals surface area contributed by atoms with Crippen LogP contribution in [0.4, 0.5) is 0 Å². The molecule has 1 saturated carbocycles. The van der Waals surface area contributed by atoms with Crippen LogP contribution in [0.3, 0.4) is 0 Å². The highest BCUT2D eigenvalue weighted by atomic mass is 16.5. The van der Waals surface area contributed by atoms with Crippen molar-refractivity contribution in [1.82, 2.24) is 15.5 Å². The van der Waals surface area contributed by atoms with Crippen LogP contribution in [-0.4, -0.2) is 63.3 Å². The fraction of sp³-hybridized carbons (Fsp3) is 0.938. The van der Waals surface area contributed by atoms with Crippen molar-refractivity contribution < 1.29 is 4.74 Å². The highest BCUT2D eigenvalue weighted by Crippen LogP contribution is 2.43. The minimum atomic E-state index is 0.261. The SMILES string of the molecule is CCNC(=NCC1(CC)CCC1)NCC1CN(C)CCO1. The molecule has 5 heteroatoms. The van der Waals surface area contributed by atoms with Crippen LogP contribution in [-0.2, 0) is 4.74 Å². The normalized spacial score (nSPS) is 26.2. The van der Waals surface area contributed by atoms with Gasteiger partial charge in [0.1, 0.15) is 0 Å². The number of morpholine rings is 1. The summed E-state index contributed by atoms with van der Waals surface area (Å²) in [6.07, 6.45) is 5.55. The van der Waals surface area contributed by atoms with Crippen molar-refractivity contribution >= 4 is 5.96 Å². The van der Waals surface area contributed by atoms with Gasteiger partial charge in [-0.1, -0.05) is 13.3 Å². The third-order valence-electron chi connectivity index (χ3n) is 4.92. The molecule has 0 spiro atoms. The number of guanidine groups is 1. The van der Waals surface area contributed by atoms with E-state index in [9.17, 15) is 0 Å².